The summed E-state index contributed by atoms with van der Waals surface area (Å²) in [5.41, 5.74) is 8.01. The third kappa shape index (κ3) is 3.55. The van der Waals surface area contributed by atoms with Crippen LogP contribution in [0.5, 0.6) is 5.75 Å². The summed E-state index contributed by atoms with van der Waals surface area (Å²) in [7, 11) is 1.69. The summed E-state index contributed by atoms with van der Waals surface area (Å²) < 4.78 is 5.35. The number of piperidine rings is 1. The number of aliphatic hydroxyl groups excluding tert-OH is 1. The van der Waals surface area contributed by atoms with Gasteiger partial charge in [0.2, 0.25) is 0 Å². The number of nitrogens with zero attached hydrogens (tertiary/aromatic N) is 1. The molecular formula is C18H27N3O3. The molecule has 6 heteroatoms. The van der Waals surface area contributed by atoms with Gasteiger partial charge in [-0.2, -0.15) is 0 Å². The monoisotopic (exact) mass is 333 g/mol. The standard InChI is InChI=1S/C18H27N3O3/c1-12(22)18(23)21-8-6-13(7-9-21)17-16(11-19-20-17)14-4-3-5-15(10-14)24-2/h3-5,10,12-13,16-17,19-20,22H,6-9,11H2,1-2H3. The molecule has 3 N–H and O–H groups in total. The van der Waals surface area contributed by atoms with E-state index in [0.29, 0.717) is 17.9 Å². The zero-order valence-corrected chi connectivity index (χ0v) is 14.4. The van der Waals surface area contributed by atoms with Crippen LogP contribution in [-0.4, -0.2) is 54.8 Å². The van der Waals surface area contributed by atoms with Crippen molar-refractivity contribution in [3.8, 4) is 5.75 Å². The molecule has 2 aliphatic heterocycles. The maximum Gasteiger partial charge on any atom is 0.251 e. The summed E-state index contributed by atoms with van der Waals surface area (Å²) in [4.78, 5) is 13.7. The molecule has 24 heavy (non-hydrogen) atoms. The molecule has 2 fully saturated rings. The summed E-state index contributed by atoms with van der Waals surface area (Å²) in [5.74, 6) is 1.63. The molecule has 1 aromatic rings. The van der Waals surface area contributed by atoms with E-state index in [9.17, 15) is 9.90 Å². The highest BCUT2D eigenvalue weighted by atomic mass is 16.5. The topological polar surface area (TPSA) is 73.8 Å². The highest BCUT2D eigenvalue weighted by Crippen LogP contribution is 2.33. The minimum Gasteiger partial charge on any atom is -0.497 e. The Bertz CT molecular complexity index is 570. The van der Waals surface area contributed by atoms with Crippen molar-refractivity contribution < 1.29 is 14.6 Å². The van der Waals surface area contributed by atoms with Crippen LogP contribution in [0.4, 0.5) is 0 Å². The average Bonchev–Trinajstić information content (AvgIpc) is 3.11. The lowest BCUT2D eigenvalue weighted by atomic mass is 9.80. The van der Waals surface area contributed by atoms with Crippen LogP contribution in [-0.2, 0) is 4.79 Å². The predicted octanol–water partition coefficient (Wildman–Crippen LogP) is 0.875. The first-order valence-electron chi connectivity index (χ1n) is 8.69. The number of hydrazine groups is 1. The van der Waals surface area contributed by atoms with Gasteiger partial charge in [0.15, 0.2) is 0 Å². The fraction of sp³-hybridized carbons (Fsp3) is 0.611. The molecule has 1 aromatic carbocycles. The van der Waals surface area contributed by atoms with Crippen molar-refractivity contribution in [2.24, 2.45) is 5.92 Å². The molecule has 3 rings (SSSR count). The number of ether oxygens (including phenoxy) is 1. The van der Waals surface area contributed by atoms with Gasteiger partial charge >= 0.3 is 0 Å². The second-order valence-corrected chi connectivity index (χ2v) is 6.77. The Balaban J connectivity index is 1.65. The summed E-state index contributed by atoms with van der Waals surface area (Å²) >= 11 is 0. The van der Waals surface area contributed by atoms with Crippen molar-refractivity contribution >= 4 is 5.91 Å². The largest absolute Gasteiger partial charge is 0.497 e. The summed E-state index contributed by atoms with van der Waals surface area (Å²) in [6, 6.07) is 8.61. The zero-order chi connectivity index (χ0) is 17.1. The lowest BCUT2D eigenvalue weighted by Crippen LogP contribution is -2.47. The lowest BCUT2D eigenvalue weighted by Gasteiger charge is -2.37. The van der Waals surface area contributed by atoms with Gasteiger partial charge in [-0.1, -0.05) is 12.1 Å². The van der Waals surface area contributed by atoms with Crippen LogP contribution < -0.4 is 15.6 Å². The van der Waals surface area contributed by atoms with Crippen LogP contribution in [0.15, 0.2) is 24.3 Å². The minimum absolute atomic E-state index is 0.157. The molecule has 0 spiro atoms. The van der Waals surface area contributed by atoms with Crippen LogP contribution in [0.25, 0.3) is 0 Å². The van der Waals surface area contributed by atoms with E-state index >= 15 is 0 Å². The molecule has 132 valence electrons. The van der Waals surface area contributed by atoms with Crippen molar-refractivity contribution in [2.45, 2.75) is 37.8 Å². The molecule has 2 heterocycles. The highest BCUT2D eigenvalue weighted by molar-refractivity contribution is 5.80. The molecule has 0 saturated carbocycles. The van der Waals surface area contributed by atoms with Crippen LogP contribution in [0, 0.1) is 5.92 Å². The van der Waals surface area contributed by atoms with Crippen molar-refractivity contribution in [2.75, 3.05) is 26.7 Å². The highest BCUT2D eigenvalue weighted by Gasteiger charge is 2.37. The van der Waals surface area contributed by atoms with Crippen LogP contribution in [0.3, 0.4) is 0 Å². The van der Waals surface area contributed by atoms with E-state index in [0.717, 1.165) is 38.2 Å². The number of rotatable bonds is 4. The van der Waals surface area contributed by atoms with Gasteiger partial charge < -0.3 is 14.7 Å². The van der Waals surface area contributed by atoms with E-state index in [2.05, 4.69) is 23.0 Å². The number of hydrogen-bond acceptors (Lipinski definition) is 5. The smallest absolute Gasteiger partial charge is 0.251 e. The van der Waals surface area contributed by atoms with Crippen molar-refractivity contribution in [3.05, 3.63) is 29.8 Å². The number of likely N-dealkylation sites (tertiary alicyclic amines) is 1. The van der Waals surface area contributed by atoms with Gasteiger partial charge in [-0.05, 0) is 43.4 Å². The Hall–Kier alpha value is -1.63. The fourth-order valence-electron chi connectivity index (χ4n) is 3.90. The van der Waals surface area contributed by atoms with Gasteiger partial charge in [-0.25, -0.2) is 0 Å². The fourth-order valence-corrected chi connectivity index (χ4v) is 3.90. The normalized spacial score (nSPS) is 26.4. The molecule has 6 nitrogen and oxygen atoms in total. The SMILES string of the molecule is COc1cccc(C2CNNC2C2CCN(C(=O)C(C)O)CC2)c1. The van der Waals surface area contributed by atoms with Crippen molar-refractivity contribution in [1.82, 2.24) is 15.8 Å². The number of methoxy groups -OCH3 is 1. The minimum atomic E-state index is -0.905. The second-order valence-electron chi connectivity index (χ2n) is 6.77. The Morgan fingerprint density at radius 2 is 2.12 bits per heavy atom. The van der Waals surface area contributed by atoms with E-state index < -0.39 is 6.10 Å². The molecule has 2 saturated heterocycles. The molecule has 0 aliphatic carbocycles. The number of amides is 1. The summed E-state index contributed by atoms with van der Waals surface area (Å²) in [6.07, 6.45) is 1.01. The van der Waals surface area contributed by atoms with E-state index in [1.54, 1.807) is 12.0 Å². The molecule has 1 amide bonds. The number of carbonyl (C=O) groups excluding carboxylic acids is 1. The molecule has 3 atom stereocenters. The van der Waals surface area contributed by atoms with Gasteiger partial charge in [0.05, 0.1) is 7.11 Å². The maximum absolute atomic E-state index is 11.9. The lowest BCUT2D eigenvalue weighted by molar-refractivity contribution is -0.140. The van der Waals surface area contributed by atoms with E-state index in [-0.39, 0.29) is 5.91 Å². The maximum atomic E-state index is 11.9. The van der Waals surface area contributed by atoms with Gasteiger partial charge in [0.25, 0.3) is 5.91 Å². The van der Waals surface area contributed by atoms with E-state index in [4.69, 9.17) is 4.74 Å². The van der Waals surface area contributed by atoms with Crippen LogP contribution in [0.1, 0.15) is 31.2 Å². The first-order chi connectivity index (χ1) is 11.6. The molecular weight excluding hydrogens is 306 g/mol. The first kappa shape index (κ1) is 17.2. The van der Waals surface area contributed by atoms with Gasteiger partial charge in [-0.3, -0.25) is 15.6 Å². The number of carbonyl (C=O) groups is 1. The number of hydrogen-bond donors (Lipinski definition) is 3. The Kier molecular flexibility index (Phi) is 5.38. The quantitative estimate of drug-likeness (QED) is 0.763. The number of aliphatic hydroxyl groups is 1. The summed E-state index contributed by atoms with van der Waals surface area (Å²) in [6.45, 7) is 3.87. The van der Waals surface area contributed by atoms with Crippen LogP contribution >= 0.6 is 0 Å². The third-order valence-electron chi connectivity index (χ3n) is 5.26. The Labute approximate surface area is 143 Å². The predicted molar refractivity (Wildman–Crippen MR) is 91.6 cm³/mol. The molecule has 0 aromatic heterocycles. The van der Waals surface area contributed by atoms with E-state index in [1.165, 1.54) is 12.5 Å². The Morgan fingerprint density at radius 3 is 2.79 bits per heavy atom. The second kappa shape index (κ2) is 7.51. The molecule has 0 radical (unpaired) electrons. The van der Waals surface area contributed by atoms with Crippen molar-refractivity contribution in [1.29, 1.82) is 0 Å². The van der Waals surface area contributed by atoms with Crippen molar-refractivity contribution in [3.63, 3.8) is 0 Å². The van der Waals surface area contributed by atoms with Crippen LogP contribution in [0.2, 0.25) is 0 Å². The van der Waals surface area contributed by atoms with Gasteiger partial charge in [0, 0.05) is 31.6 Å². The van der Waals surface area contributed by atoms with Gasteiger partial charge in [0.1, 0.15) is 11.9 Å². The zero-order valence-electron chi connectivity index (χ0n) is 14.4. The first-order valence-corrected chi connectivity index (χ1v) is 8.69. The molecule has 2 aliphatic rings. The molecule has 0 bridgehead atoms. The van der Waals surface area contributed by atoms with E-state index in [1.807, 2.05) is 12.1 Å². The van der Waals surface area contributed by atoms with Gasteiger partial charge in [-0.15, -0.1) is 0 Å². The molecule has 3 unspecified atom stereocenters. The third-order valence-corrected chi connectivity index (χ3v) is 5.26. The number of benzene rings is 1. The average molecular weight is 333 g/mol. The number of nitrogens with one attached hydrogen (secondary N) is 2. The Morgan fingerprint density at radius 1 is 1.38 bits per heavy atom. The summed E-state index contributed by atoms with van der Waals surface area (Å²) in [5, 5.41) is 9.47.